The highest BCUT2D eigenvalue weighted by Gasteiger charge is 2.14. The maximum Gasteiger partial charge on any atom is 0.288 e. The molecule has 0 bridgehead atoms. The third-order valence-corrected chi connectivity index (χ3v) is 4.10. The lowest BCUT2D eigenvalue weighted by molar-refractivity contribution is 0.102. The number of methoxy groups -OCH3 is 2. The largest absolute Gasteiger partial charge is 0.493 e. The minimum Gasteiger partial charge on any atom is -0.493 e. The summed E-state index contributed by atoms with van der Waals surface area (Å²) in [6, 6.07) is 8.92. The van der Waals surface area contributed by atoms with Crippen LogP contribution >= 0.6 is 23.4 Å². The Morgan fingerprint density at radius 1 is 1.12 bits per heavy atom. The molecule has 0 aromatic heterocycles. The van der Waals surface area contributed by atoms with Crippen LogP contribution in [0.2, 0.25) is 5.02 Å². The van der Waals surface area contributed by atoms with Gasteiger partial charge in [-0.3, -0.25) is 4.79 Å². The van der Waals surface area contributed by atoms with Crippen LogP contribution in [0.25, 0.3) is 0 Å². The van der Waals surface area contributed by atoms with Gasteiger partial charge in [0.05, 0.1) is 24.9 Å². The number of halogens is 3. The van der Waals surface area contributed by atoms with Crippen molar-refractivity contribution in [3.63, 3.8) is 0 Å². The molecule has 4 nitrogen and oxygen atoms in total. The van der Waals surface area contributed by atoms with E-state index in [1.165, 1.54) is 44.6 Å². The van der Waals surface area contributed by atoms with Gasteiger partial charge in [0, 0.05) is 22.6 Å². The third-order valence-electron chi connectivity index (χ3n) is 3.06. The first-order valence-electron chi connectivity index (χ1n) is 6.72. The fourth-order valence-electron chi connectivity index (χ4n) is 1.93. The van der Waals surface area contributed by atoms with Crippen LogP contribution in [0.15, 0.2) is 41.3 Å². The third kappa shape index (κ3) is 4.52. The van der Waals surface area contributed by atoms with Crippen molar-refractivity contribution in [3.05, 3.63) is 47.0 Å². The molecule has 0 aliphatic heterocycles. The average Bonchev–Trinajstić information content (AvgIpc) is 2.56. The molecule has 2 aromatic rings. The zero-order chi connectivity index (χ0) is 17.7. The zero-order valence-corrected chi connectivity index (χ0v) is 14.4. The molecule has 0 fully saturated rings. The van der Waals surface area contributed by atoms with E-state index in [4.69, 9.17) is 21.1 Å². The number of nitrogens with one attached hydrogen (secondary N) is 1. The zero-order valence-electron chi connectivity index (χ0n) is 12.8. The molecule has 8 heteroatoms. The van der Waals surface area contributed by atoms with E-state index >= 15 is 0 Å². The summed E-state index contributed by atoms with van der Waals surface area (Å²) in [5, 5.41) is 2.93. The van der Waals surface area contributed by atoms with E-state index in [0.717, 1.165) is 0 Å². The van der Waals surface area contributed by atoms with Crippen LogP contribution in [0.1, 0.15) is 10.4 Å². The fourth-order valence-corrected chi connectivity index (χ4v) is 2.63. The maximum atomic E-state index is 12.3. The monoisotopic (exact) mass is 373 g/mol. The number of rotatable bonds is 6. The number of ether oxygens (including phenoxy) is 2. The first kappa shape index (κ1) is 18.4. The maximum absolute atomic E-state index is 12.3. The molecule has 128 valence electrons. The number of anilines is 1. The lowest BCUT2D eigenvalue weighted by atomic mass is 10.2. The molecule has 2 aromatic carbocycles. The van der Waals surface area contributed by atoms with Crippen molar-refractivity contribution in [1.82, 2.24) is 0 Å². The summed E-state index contributed by atoms with van der Waals surface area (Å²) in [4.78, 5) is 12.6. The second-order valence-corrected chi connectivity index (χ2v) is 6.01. The van der Waals surface area contributed by atoms with Crippen molar-refractivity contribution in [2.75, 3.05) is 19.5 Å². The summed E-state index contributed by atoms with van der Waals surface area (Å²) in [5.74, 6) is -2.07. The first-order chi connectivity index (χ1) is 11.4. The quantitative estimate of drug-likeness (QED) is 0.730. The molecule has 0 saturated heterocycles. The Bertz CT molecular complexity index is 726. The van der Waals surface area contributed by atoms with Gasteiger partial charge in [0.2, 0.25) is 0 Å². The summed E-state index contributed by atoms with van der Waals surface area (Å²) in [7, 11) is 2.95. The first-order valence-corrected chi connectivity index (χ1v) is 7.98. The summed E-state index contributed by atoms with van der Waals surface area (Å²) < 4.78 is 34.9. The highest BCUT2D eigenvalue weighted by Crippen LogP contribution is 2.36. The van der Waals surface area contributed by atoms with Gasteiger partial charge in [-0.2, -0.15) is 8.78 Å². The van der Waals surface area contributed by atoms with E-state index in [2.05, 4.69) is 5.32 Å². The number of carbonyl (C=O) groups excluding carboxylic acids is 1. The van der Waals surface area contributed by atoms with E-state index in [0.29, 0.717) is 39.4 Å². The Balaban J connectivity index is 2.17. The number of benzene rings is 2. The lowest BCUT2D eigenvalue weighted by Gasteiger charge is -2.12. The van der Waals surface area contributed by atoms with Crippen LogP contribution in [0.5, 0.6) is 11.5 Å². The van der Waals surface area contributed by atoms with E-state index in [1.54, 1.807) is 6.07 Å². The van der Waals surface area contributed by atoms with Crippen molar-refractivity contribution >= 4 is 35.0 Å². The van der Waals surface area contributed by atoms with Gasteiger partial charge in [-0.15, -0.1) is 0 Å². The van der Waals surface area contributed by atoms with Crippen LogP contribution in [-0.4, -0.2) is 25.9 Å². The standard InChI is InChI=1S/C16H14ClF2NO3S/c1-22-13-7-11(17)12(8-14(13)23-2)20-15(21)9-3-5-10(6-4-9)24-16(18)19/h3-8,16H,1-2H3,(H,20,21). The number of hydrogen-bond acceptors (Lipinski definition) is 4. The number of amides is 1. The molecule has 0 saturated carbocycles. The summed E-state index contributed by atoms with van der Waals surface area (Å²) >= 11 is 6.53. The van der Waals surface area contributed by atoms with Gasteiger partial charge in [-0.1, -0.05) is 23.4 Å². The smallest absolute Gasteiger partial charge is 0.288 e. The van der Waals surface area contributed by atoms with Gasteiger partial charge in [-0.25, -0.2) is 0 Å². The Kier molecular flexibility index (Phi) is 6.28. The lowest BCUT2D eigenvalue weighted by Crippen LogP contribution is -2.12. The second-order valence-electron chi connectivity index (χ2n) is 4.54. The van der Waals surface area contributed by atoms with Crippen molar-refractivity contribution in [2.45, 2.75) is 10.7 Å². The average molecular weight is 374 g/mol. The molecule has 0 spiro atoms. The molecule has 0 radical (unpaired) electrons. The minimum absolute atomic E-state index is 0.283. The molecule has 0 heterocycles. The van der Waals surface area contributed by atoms with E-state index < -0.39 is 11.7 Å². The van der Waals surface area contributed by atoms with Gasteiger partial charge < -0.3 is 14.8 Å². The van der Waals surface area contributed by atoms with Crippen molar-refractivity contribution < 1.29 is 23.0 Å². The highest BCUT2D eigenvalue weighted by molar-refractivity contribution is 7.99. The minimum atomic E-state index is -2.50. The second kappa shape index (κ2) is 8.21. The van der Waals surface area contributed by atoms with Gasteiger partial charge in [0.15, 0.2) is 11.5 Å². The number of carbonyl (C=O) groups is 1. The van der Waals surface area contributed by atoms with Crippen LogP contribution < -0.4 is 14.8 Å². The molecule has 0 aliphatic carbocycles. The molecular formula is C16H14ClF2NO3S. The summed E-state index contributed by atoms with van der Waals surface area (Å²) in [5.41, 5.74) is 0.671. The van der Waals surface area contributed by atoms with Crippen molar-refractivity contribution in [2.24, 2.45) is 0 Å². The molecule has 24 heavy (non-hydrogen) atoms. The molecule has 0 aliphatic rings. The van der Waals surface area contributed by atoms with Crippen LogP contribution in [0.3, 0.4) is 0 Å². The Labute approximate surface area is 147 Å². The Morgan fingerprint density at radius 2 is 1.71 bits per heavy atom. The molecule has 2 rings (SSSR count). The van der Waals surface area contributed by atoms with Crippen molar-refractivity contribution in [3.8, 4) is 11.5 Å². The fraction of sp³-hybridized carbons (Fsp3) is 0.188. The SMILES string of the molecule is COc1cc(Cl)c(NC(=O)c2ccc(SC(F)F)cc2)cc1OC. The molecule has 1 amide bonds. The van der Waals surface area contributed by atoms with Gasteiger partial charge >= 0.3 is 0 Å². The predicted octanol–water partition coefficient (Wildman–Crippen LogP) is 4.92. The summed E-state index contributed by atoms with van der Waals surface area (Å²) in [6.45, 7) is 0. The predicted molar refractivity (Wildman–Crippen MR) is 90.8 cm³/mol. The Morgan fingerprint density at radius 3 is 2.25 bits per heavy atom. The van der Waals surface area contributed by atoms with Gasteiger partial charge in [0.25, 0.3) is 11.7 Å². The van der Waals surface area contributed by atoms with Crippen LogP contribution in [-0.2, 0) is 0 Å². The molecular weight excluding hydrogens is 360 g/mol. The van der Waals surface area contributed by atoms with Crippen LogP contribution in [0, 0.1) is 0 Å². The number of thioether (sulfide) groups is 1. The van der Waals surface area contributed by atoms with Gasteiger partial charge in [-0.05, 0) is 24.3 Å². The normalized spacial score (nSPS) is 10.6. The van der Waals surface area contributed by atoms with E-state index in [1.807, 2.05) is 0 Å². The van der Waals surface area contributed by atoms with E-state index in [-0.39, 0.29) is 5.02 Å². The number of alkyl halides is 2. The Hall–Kier alpha value is -1.99. The van der Waals surface area contributed by atoms with Gasteiger partial charge in [0.1, 0.15) is 0 Å². The molecule has 1 N–H and O–H groups in total. The van der Waals surface area contributed by atoms with Crippen LogP contribution in [0.4, 0.5) is 14.5 Å². The van der Waals surface area contributed by atoms with E-state index in [9.17, 15) is 13.6 Å². The molecule has 0 unspecified atom stereocenters. The number of hydrogen-bond donors (Lipinski definition) is 1. The highest BCUT2D eigenvalue weighted by atomic mass is 35.5. The van der Waals surface area contributed by atoms with Crippen molar-refractivity contribution in [1.29, 1.82) is 0 Å². The molecule has 0 atom stereocenters. The summed E-state index contributed by atoms with van der Waals surface area (Å²) in [6.07, 6.45) is 0. The topological polar surface area (TPSA) is 47.6 Å².